The quantitative estimate of drug-likeness (QED) is 0.573. The molecule has 0 unspecified atom stereocenters. The number of isocyanates is 1. The van der Waals surface area contributed by atoms with Crippen molar-refractivity contribution in [1.29, 1.82) is 0 Å². The van der Waals surface area contributed by atoms with E-state index in [4.69, 9.17) is 0 Å². The van der Waals surface area contributed by atoms with Crippen LogP contribution in [0.1, 0.15) is 5.56 Å². The number of carbonyl (C=O) groups excluding carboxylic acids is 1. The van der Waals surface area contributed by atoms with Crippen LogP contribution in [-0.4, -0.2) is 22.4 Å². The van der Waals surface area contributed by atoms with E-state index in [-0.39, 0.29) is 0 Å². The Morgan fingerprint density at radius 2 is 2.12 bits per heavy atom. The zero-order valence-corrected chi connectivity index (χ0v) is 8.71. The van der Waals surface area contributed by atoms with E-state index in [1.165, 1.54) is 6.08 Å². The maximum absolute atomic E-state index is 9.90. The molecule has 0 fully saturated rings. The number of rotatable bonds is 4. The van der Waals surface area contributed by atoms with Crippen LogP contribution in [0.5, 0.6) is 0 Å². The van der Waals surface area contributed by atoms with Gasteiger partial charge in [-0.25, -0.2) is 14.5 Å². The van der Waals surface area contributed by atoms with E-state index in [2.05, 4.69) is 10.1 Å². The van der Waals surface area contributed by atoms with Crippen LogP contribution in [0.3, 0.4) is 0 Å². The molecule has 1 aromatic carbocycles. The zero-order chi connectivity index (χ0) is 11.2. The van der Waals surface area contributed by atoms with Crippen LogP contribution >= 0.6 is 0 Å². The van der Waals surface area contributed by atoms with Gasteiger partial charge in [-0.3, -0.25) is 0 Å². The summed E-state index contributed by atoms with van der Waals surface area (Å²) in [5.74, 6) is 0. The second-order valence-electron chi connectivity index (χ2n) is 3.34. The van der Waals surface area contributed by atoms with Crippen molar-refractivity contribution in [2.45, 2.75) is 6.42 Å². The summed E-state index contributed by atoms with van der Waals surface area (Å²) < 4.78 is 1.80. The summed E-state index contributed by atoms with van der Waals surface area (Å²) in [6, 6.07) is 9.89. The number of hydrogen-bond acceptors (Lipinski definition) is 3. The Morgan fingerprint density at radius 1 is 1.31 bits per heavy atom. The second-order valence-corrected chi connectivity index (χ2v) is 3.34. The van der Waals surface area contributed by atoms with Gasteiger partial charge in [0.15, 0.2) is 0 Å². The highest BCUT2D eigenvalue weighted by Gasteiger charge is 1.96. The Hall–Kier alpha value is -2.19. The van der Waals surface area contributed by atoms with Gasteiger partial charge in [-0.15, -0.1) is 0 Å². The van der Waals surface area contributed by atoms with E-state index in [1.54, 1.807) is 10.9 Å². The first-order chi connectivity index (χ1) is 7.90. The summed E-state index contributed by atoms with van der Waals surface area (Å²) in [5.41, 5.74) is 2.17. The number of nitrogens with zero attached hydrogens (tertiary/aromatic N) is 3. The molecule has 0 radical (unpaired) electrons. The normalized spacial score (nSPS) is 9.75. The van der Waals surface area contributed by atoms with Gasteiger partial charge >= 0.3 is 0 Å². The fraction of sp³-hybridized carbons (Fsp3) is 0.167. The van der Waals surface area contributed by atoms with Crippen molar-refractivity contribution in [3.63, 3.8) is 0 Å². The largest absolute Gasteiger partial charge is 0.241 e. The molecule has 0 aliphatic heterocycles. The molecular weight excluding hydrogens is 202 g/mol. The van der Waals surface area contributed by atoms with Crippen molar-refractivity contribution in [3.05, 3.63) is 48.3 Å². The molecule has 0 spiro atoms. The van der Waals surface area contributed by atoms with Crippen molar-refractivity contribution in [2.75, 3.05) is 6.54 Å². The molecule has 4 nitrogen and oxygen atoms in total. The van der Waals surface area contributed by atoms with Gasteiger partial charge in [0.1, 0.15) is 0 Å². The first kappa shape index (κ1) is 10.3. The Morgan fingerprint density at radius 3 is 2.75 bits per heavy atom. The highest BCUT2D eigenvalue weighted by molar-refractivity contribution is 5.35. The second kappa shape index (κ2) is 5.05. The standard InChI is InChI=1S/C12H11N3O/c16-10-13-8-6-11-2-4-12(5-3-11)15-9-1-7-14-15/h1-5,7,9H,6,8H2. The van der Waals surface area contributed by atoms with Gasteiger partial charge in [0.05, 0.1) is 12.2 Å². The Bertz CT molecular complexity index is 481. The lowest BCUT2D eigenvalue weighted by Crippen LogP contribution is -1.95. The number of hydrogen-bond donors (Lipinski definition) is 0. The van der Waals surface area contributed by atoms with Gasteiger partial charge in [-0.2, -0.15) is 5.10 Å². The topological polar surface area (TPSA) is 47.2 Å². The highest BCUT2D eigenvalue weighted by atomic mass is 16.1. The SMILES string of the molecule is O=C=NCCc1ccc(-n2cccn2)cc1. The smallest absolute Gasteiger partial charge is 0.234 e. The van der Waals surface area contributed by atoms with Crippen LogP contribution in [0, 0.1) is 0 Å². The summed E-state index contributed by atoms with van der Waals surface area (Å²) in [5, 5.41) is 4.14. The van der Waals surface area contributed by atoms with Gasteiger partial charge in [0, 0.05) is 12.4 Å². The number of benzene rings is 1. The van der Waals surface area contributed by atoms with Crippen LogP contribution in [0.25, 0.3) is 5.69 Å². The number of aromatic nitrogens is 2. The molecule has 0 saturated carbocycles. The minimum Gasteiger partial charge on any atom is -0.241 e. The summed E-state index contributed by atoms with van der Waals surface area (Å²) in [6.45, 7) is 0.491. The summed E-state index contributed by atoms with van der Waals surface area (Å²) in [4.78, 5) is 13.4. The first-order valence-electron chi connectivity index (χ1n) is 5.03. The van der Waals surface area contributed by atoms with Crippen molar-refractivity contribution >= 4 is 6.08 Å². The molecule has 0 aliphatic rings. The molecule has 0 saturated heterocycles. The van der Waals surface area contributed by atoms with Crippen molar-refractivity contribution in [1.82, 2.24) is 9.78 Å². The van der Waals surface area contributed by atoms with E-state index >= 15 is 0 Å². The molecule has 1 heterocycles. The van der Waals surface area contributed by atoms with Gasteiger partial charge in [0.25, 0.3) is 0 Å². The zero-order valence-electron chi connectivity index (χ0n) is 8.71. The maximum Gasteiger partial charge on any atom is 0.234 e. The highest BCUT2D eigenvalue weighted by Crippen LogP contribution is 2.08. The first-order valence-corrected chi connectivity index (χ1v) is 5.03. The summed E-state index contributed by atoms with van der Waals surface area (Å²) in [7, 11) is 0. The number of aliphatic imine (C=N–C) groups is 1. The molecule has 0 bridgehead atoms. The molecule has 0 aliphatic carbocycles. The lowest BCUT2D eigenvalue weighted by molar-refractivity contribution is 0.563. The van der Waals surface area contributed by atoms with Gasteiger partial charge in [-0.05, 0) is 30.2 Å². The fourth-order valence-corrected chi connectivity index (χ4v) is 1.47. The lowest BCUT2D eigenvalue weighted by Gasteiger charge is -2.02. The van der Waals surface area contributed by atoms with Gasteiger partial charge < -0.3 is 0 Å². The van der Waals surface area contributed by atoms with Gasteiger partial charge in [-0.1, -0.05) is 12.1 Å². The van der Waals surface area contributed by atoms with Crippen molar-refractivity contribution in [3.8, 4) is 5.69 Å². The molecule has 4 heteroatoms. The van der Waals surface area contributed by atoms with Crippen LogP contribution < -0.4 is 0 Å². The predicted molar refractivity (Wildman–Crippen MR) is 60.3 cm³/mol. The minimum absolute atomic E-state index is 0.491. The molecular formula is C12H11N3O. The van der Waals surface area contributed by atoms with E-state index < -0.39 is 0 Å². The van der Waals surface area contributed by atoms with E-state index in [0.29, 0.717) is 6.54 Å². The Kier molecular flexibility index (Phi) is 3.26. The minimum atomic E-state index is 0.491. The molecule has 1 aromatic heterocycles. The van der Waals surface area contributed by atoms with E-state index in [9.17, 15) is 4.79 Å². The maximum atomic E-state index is 9.90. The third-order valence-electron chi connectivity index (χ3n) is 2.28. The Balaban J connectivity index is 2.07. The third kappa shape index (κ3) is 2.43. The van der Waals surface area contributed by atoms with Crippen LogP contribution in [0.2, 0.25) is 0 Å². The molecule has 0 amide bonds. The van der Waals surface area contributed by atoms with Gasteiger partial charge in [0.2, 0.25) is 6.08 Å². The molecule has 2 aromatic rings. The molecule has 16 heavy (non-hydrogen) atoms. The average molecular weight is 213 g/mol. The predicted octanol–water partition coefficient (Wildman–Crippen LogP) is 1.75. The fourth-order valence-electron chi connectivity index (χ4n) is 1.47. The van der Waals surface area contributed by atoms with Crippen molar-refractivity contribution in [2.24, 2.45) is 4.99 Å². The lowest BCUT2D eigenvalue weighted by atomic mass is 10.1. The molecule has 80 valence electrons. The van der Waals surface area contributed by atoms with Crippen LogP contribution in [0.15, 0.2) is 47.7 Å². The third-order valence-corrected chi connectivity index (χ3v) is 2.28. The average Bonchev–Trinajstić information content (AvgIpc) is 2.84. The monoisotopic (exact) mass is 213 g/mol. The summed E-state index contributed by atoms with van der Waals surface area (Å²) >= 11 is 0. The molecule has 0 atom stereocenters. The summed E-state index contributed by atoms with van der Waals surface area (Å²) in [6.07, 6.45) is 5.93. The molecule has 2 rings (SSSR count). The van der Waals surface area contributed by atoms with Crippen molar-refractivity contribution < 1.29 is 4.79 Å². The van der Waals surface area contributed by atoms with Crippen LogP contribution in [0.4, 0.5) is 0 Å². The Labute approximate surface area is 93.2 Å². The van der Waals surface area contributed by atoms with E-state index in [1.807, 2.05) is 36.5 Å². The molecule has 0 N–H and O–H groups in total. The van der Waals surface area contributed by atoms with E-state index in [0.717, 1.165) is 17.7 Å². The van der Waals surface area contributed by atoms with Crippen LogP contribution in [-0.2, 0) is 11.2 Å².